The van der Waals surface area contributed by atoms with Gasteiger partial charge in [0, 0.05) is 32.6 Å². The molecule has 1 aliphatic heterocycles. The van der Waals surface area contributed by atoms with Crippen LogP contribution in [0, 0.1) is 0 Å². The number of amides is 3. The Kier molecular flexibility index (Phi) is 6.26. The number of nitrogens with one attached hydrogen (secondary N) is 2. The van der Waals surface area contributed by atoms with Crippen molar-refractivity contribution in [2.75, 3.05) is 19.6 Å². The van der Waals surface area contributed by atoms with Gasteiger partial charge in [0.1, 0.15) is 5.75 Å². The van der Waals surface area contributed by atoms with Crippen LogP contribution >= 0.6 is 0 Å². The summed E-state index contributed by atoms with van der Waals surface area (Å²) in [5.74, 6) is 0.811. The zero-order valence-corrected chi connectivity index (χ0v) is 13.8. The van der Waals surface area contributed by atoms with Crippen LogP contribution in [0.25, 0.3) is 0 Å². The summed E-state index contributed by atoms with van der Waals surface area (Å²) in [5.41, 5.74) is 0.989. The fourth-order valence-corrected chi connectivity index (χ4v) is 2.30. The summed E-state index contributed by atoms with van der Waals surface area (Å²) < 4.78 is 5.79. The van der Waals surface area contributed by atoms with Crippen molar-refractivity contribution < 1.29 is 14.3 Å². The quantitative estimate of drug-likeness (QED) is 0.871. The molecule has 0 bridgehead atoms. The van der Waals surface area contributed by atoms with Gasteiger partial charge in [0.05, 0.1) is 6.10 Å². The summed E-state index contributed by atoms with van der Waals surface area (Å²) in [7, 11) is 0. The van der Waals surface area contributed by atoms with Gasteiger partial charge in [-0.15, -0.1) is 0 Å². The smallest absolute Gasteiger partial charge is 0.317 e. The number of urea groups is 1. The number of benzene rings is 1. The Morgan fingerprint density at radius 1 is 1.43 bits per heavy atom. The van der Waals surface area contributed by atoms with Crippen molar-refractivity contribution in [3.8, 4) is 5.75 Å². The number of rotatable bonds is 5. The topological polar surface area (TPSA) is 70.7 Å². The molecule has 0 aliphatic carbocycles. The van der Waals surface area contributed by atoms with E-state index in [-0.39, 0.29) is 18.0 Å². The standard InChI is InChI=1S/C17H25N3O3/c1-3-13(2)23-15-6-4-5-14(11-15)12-19-17(22)20-9-7-16(21)18-8-10-20/h4-6,11,13H,3,7-10,12H2,1-2H3,(H,18,21)(H,19,22). The van der Waals surface area contributed by atoms with Gasteiger partial charge in [0.2, 0.25) is 5.91 Å². The van der Waals surface area contributed by atoms with Crippen LogP contribution in [-0.4, -0.2) is 42.6 Å². The van der Waals surface area contributed by atoms with Gasteiger partial charge in [-0.05, 0) is 31.0 Å². The van der Waals surface area contributed by atoms with Crippen LogP contribution < -0.4 is 15.4 Å². The maximum absolute atomic E-state index is 12.2. The first-order valence-electron chi connectivity index (χ1n) is 8.13. The van der Waals surface area contributed by atoms with E-state index < -0.39 is 0 Å². The molecule has 0 aromatic heterocycles. The van der Waals surface area contributed by atoms with Gasteiger partial charge in [-0.3, -0.25) is 4.79 Å². The minimum Gasteiger partial charge on any atom is -0.491 e. The second kappa shape index (κ2) is 8.41. The number of carbonyl (C=O) groups excluding carboxylic acids is 2. The van der Waals surface area contributed by atoms with E-state index in [1.165, 1.54) is 0 Å². The van der Waals surface area contributed by atoms with Crippen LogP contribution in [0.2, 0.25) is 0 Å². The summed E-state index contributed by atoms with van der Waals surface area (Å²) in [5, 5.41) is 5.66. The third-order valence-electron chi connectivity index (χ3n) is 3.85. The second-order valence-electron chi connectivity index (χ2n) is 5.73. The average molecular weight is 319 g/mol. The summed E-state index contributed by atoms with van der Waals surface area (Å²) >= 11 is 0. The van der Waals surface area contributed by atoms with Crippen LogP contribution in [0.4, 0.5) is 4.79 Å². The van der Waals surface area contributed by atoms with Gasteiger partial charge in [0.15, 0.2) is 0 Å². The van der Waals surface area contributed by atoms with Crippen LogP contribution in [-0.2, 0) is 11.3 Å². The van der Waals surface area contributed by atoms with Crippen molar-refractivity contribution in [3.05, 3.63) is 29.8 Å². The van der Waals surface area contributed by atoms with Gasteiger partial charge < -0.3 is 20.3 Å². The maximum atomic E-state index is 12.2. The Labute approximate surface area is 137 Å². The Morgan fingerprint density at radius 2 is 2.26 bits per heavy atom. The largest absolute Gasteiger partial charge is 0.491 e. The first-order chi connectivity index (χ1) is 11.1. The summed E-state index contributed by atoms with van der Waals surface area (Å²) in [6, 6.07) is 7.60. The molecule has 6 heteroatoms. The third-order valence-corrected chi connectivity index (χ3v) is 3.85. The first kappa shape index (κ1) is 17.1. The highest BCUT2D eigenvalue weighted by molar-refractivity contribution is 5.79. The van der Waals surface area contributed by atoms with Crippen molar-refractivity contribution >= 4 is 11.9 Å². The molecule has 1 atom stereocenters. The molecule has 0 spiro atoms. The molecule has 0 saturated carbocycles. The molecular formula is C17H25N3O3. The zero-order valence-electron chi connectivity index (χ0n) is 13.8. The second-order valence-corrected chi connectivity index (χ2v) is 5.73. The molecule has 6 nitrogen and oxygen atoms in total. The van der Waals surface area contributed by atoms with Crippen LogP contribution in [0.5, 0.6) is 5.75 Å². The van der Waals surface area contributed by atoms with E-state index in [2.05, 4.69) is 17.6 Å². The lowest BCUT2D eigenvalue weighted by atomic mass is 10.2. The maximum Gasteiger partial charge on any atom is 0.317 e. The number of hydrogen-bond donors (Lipinski definition) is 2. The number of ether oxygens (including phenoxy) is 1. The Morgan fingerprint density at radius 3 is 3.04 bits per heavy atom. The summed E-state index contributed by atoms with van der Waals surface area (Å²) in [6.45, 7) is 6.04. The van der Waals surface area contributed by atoms with Crippen LogP contribution in [0.3, 0.4) is 0 Å². The van der Waals surface area contributed by atoms with Gasteiger partial charge in [0.25, 0.3) is 0 Å². The van der Waals surface area contributed by atoms with Crippen molar-refractivity contribution in [3.63, 3.8) is 0 Å². The third kappa shape index (κ3) is 5.47. The van der Waals surface area contributed by atoms with E-state index in [1.54, 1.807) is 4.90 Å². The molecule has 1 aromatic rings. The van der Waals surface area contributed by atoms with Gasteiger partial charge in [-0.1, -0.05) is 19.1 Å². The highest BCUT2D eigenvalue weighted by atomic mass is 16.5. The minimum atomic E-state index is -0.144. The zero-order chi connectivity index (χ0) is 16.7. The van der Waals surface area contributed by atoms with Crippen molar-refractivity contribution in [1.82, 2.24) is 15.5 Å². The molecule has 0 radical (unpaired) electrons. The molecule has 1 saturated heterocycles. The monoisotopic (exact) mass is 319 g/mol. The van der Waals surface area contributed by atoms with Crippen molar-refractivity contribution in [2.24, 2.45) is 0 Å². The molecule has 1 fully saturated rings. The number of nitrogens with zero attached hydrogens (tertiary/aromatic N) is 1. The molecule has 1 aliphatic rings. The molecule has 1 unspecified atom stereocenters. The lowest BCUT2D eigenvalue weighted by molar-refractivity contribution is -0.120. The highest BCUT2D eigenvalue weighted by Gasteiger charge is 2.17. The number of hydrogen-bond acceptors (Lipinski definition) is 3. The highest BCUT2D eigenvalue weighted by Crippen LogP contribution is 2.15. The van der Waals surface area contributed by atoms with Crippen molar-refractivity contribution in [1.29, 1.82) is 0 Å². The fraction of sp³-hybridized carbons (Fsp3) is 0.529. The van der Waals surface area contributed by atoms with Crippen LogP contribution in [0.15, 0.2) is 24.3 Å². The van der Waals surface area contributed by atoms with Crippen LogP contribution in [0.1, 0.15) is 32.3 Å². The Hall–Kier alpha value is -2.24. The molecular weight excluding hydrogens is 294 g/mol. The lowest BCUT2D eigenvalue weighted by Gasteiger charge is -2.20. The van der Waals surface area contributed by atoms with Gasteiger partial charge in [-0.2, -0.15) is 0 Å². The van der Waals surface area contributed by atoms with E-state index in [0.29, 0.717) is 32.6 Å². The lowest BCUT2D eigenvalue weighted by Crippen LogP contribution is -2.41. The average Bonchev–Trinajstić information content (AvgIpc) is 2.77. The minimum absolute atomic E-state index is 0.00445. The molecule has 1 heterocycles. The fourth-order valence-electron chi connectivity index (χ4n) is 2.30. The van der Waals surface area contributed by atoms with E-state index in [9.17, 15) is 9.59 Å². The molecule has 3 amide bonds. The normalized spacial score (nSPS) is 16.3. The van der Waals surface area contributed by atoms with E-state index in [0.717, 1.165) is 17.7 Å². The Balaban J connectivity index is 1.86. The first-order valence-corrected chi connectivity index (χ1v) is 8.13. The van der Waals surface area contributed by atoms with Crippen molar-refractivity contribution in [2.45, 2.75) is 39.3 Å². The van der Waals surface area contributed by atoms with E-state index in [1.807, 2.05) is 31.2 Å². The van der Waals surface area contributed by atoms with Gasteiger partial charge >= 0.3 is 6.03 Å². The summed E-state index contributed by atoms with van der Waals surface area (Å²) in [6.07, 6.45) is 1.47. The Bertz CT molecular complexity index is 548. The molecule has 126 valence electrons. The predicted molar refractivity (Wildman–Crippen MR) is 88.3 cm³/mol. The molecule has 23 heavy (non-hydrogen) atoms. The van der Waals surface area contributed by atoms with Gasteiger partial charge in [-0.25, -0.2) is 4.79 Å². The summed E-state index contributed by atoms with van der Waals surface area (Å²) in [4.78, 5) is 25.1. The predicted octanol–water partition coefficient (Wildman–Crippen LogP) is 1.90. The van der Waals surface area contributed by atoms with E-state index >= 15 is 0 Å². The molecule has 2 N–H and O–H groups in total. The number of carbonyl (C=O) groups is 2. The molecule has 1 aromatic carbocycles. The SMILES string of the molecule is CCC(C)Oc1cccc(CNC(=O)N2CCNC(=O)CC2)c1. The molecule has 2 rings (SSSR count). The van der Waals surface area contributed by atoms with E-state index in [4.69, 9.17) is 4.74 Å².